The highest BCUT2D eigenvalue weighted by atomic mass is 16.5. The van der Waals surface area contributed by atoms with E-state index in [1.807, 2.05) is 0 Å². The third kappa shape index (κ3) is 31.3. The molecule has 658 valence electrons. The van der Waals surface area contributed by atoms with Crippen LogP contribution in [0.5, 0.6) is 46.0 Å². The first-order valence-electron chi connectivity index (χ1n) is 49.1. The fraction of sp³-hybridized carbons (Fsp3) is 0.593. The third-order valence-electron chi connectivity index (χ3n) is 23.7. The summed E-state index contributed by atoms with van der Waals surface area (Å²) in [6.45, 7) is 22.8. The molecule has 12 heteroatoms. The van der Waals surface area contributed by atoms with E-state index >= 15 is 0 Å². The number of fused-ring (bicyclic) bond motifs is 8. The summed E-state index contributed by atoms with van der Waals surface area (Å²) >= 11 is 0. The van der Waals surface area contributed by atoms with Gasteiger partial charge >= 0.3 is 0 Å². The molecule has 0 fully saturated rings. The lowest BCUT2D eigenvalue weighted by Gasteiger charge is -2.19. The highest BCUT2D eigenvalue weighted by molar-refractivity contribution is 6.04. The van der Waals surface area contributed by atoms with Gasteiger partial charge in [-0.1, -0.05) is 336 Å². The molecule has 3 aromatic heterocycles. The molecule has 0 atom stereocenters. The Morgan fingerprint density at radius 2 is 0.317 bits per heavy atom. The van der Waals surface area contributed by atoms with Crippen molar-refractivity contribution in [3.8, 4) is 90.5 Å². The first-order valence-corrected chi connectivity index (χ1v) is 49.1. The van der Waals surface area contributed by atoms with Gasteiger partial charge in [-0.15, -0.1) is 0 Å². The molecule has 0 saturated carbocycles. The zero-order chi connectivity index (χ0) is 84.1. The van der Waals surface area contributed by atoms with Crippen molar-refractivity contribution in [2.75, 3.05) is 52.9 Å². The smallest absolute Gasteiger partial charge is 0.131 e. The van der Waals surface area contributed by atoms with Gasteiger partial charge in [0, 0.05) is 44.3 Å². The number of nitrogens with zero attached hydrogens (tertiary/aromatic N) is 2. The largest absolute Gasteiger partial charge is 0.493 e. The fourth-order valence-electron chi connectivity index (χ4n) is 16.8. The number of unbranched alkanes of at least 4 members (excludes halogenated alkanes) is 40. The van der Waals surface area contributed by atoms with Crippen LogP contribution in [0.4, 0.5) is 0 Å². The minimum absolute atomic E-state index is 0.564. The predicted octanol–water partition coefficient (Wildman–Crippen LogP) is 33.2. The maximum Gasteiger partial charge on any atom is 0.131 e. The van der Waals surface area contributed by atoms with Crippen molar-refractivity contribution in [1.82, 2.24) is 19.9 Å². The number of hydrogen-bond donors (Lipinski definition) is 2. The molecule has 9 rings (SSSR count). The molecule has 0 saturated heterocycles. The molecule has 5 heterocycles. The number of rotatable bonds is 68. The van der Waals surface area contributed by atoms with E-state index in [9.17, 15) is 0 Å². The van der Waals surface area contributed by atoms with Gasteiger partial charge in [-0.25, -0.2) is 9.97 Å². The summed E-state index contributed by atoms with van der Waals surface area (Å²) in [6.07, 6.45) is 64.0. The van der Waals surface area contributed by atoms with Gasteiger partial charge in [-0.3, -0.25) is 0 Å². The number of aromatic amines is 2. The standard InChI is InChI=1S/C108H158N4O8/c1-9-17-25-33-41-49-77-113-93-61-57-62-94(114-78-50-42-34-26-18-10-2)105(93)101-85-69-71-87(109-85)102(106-95(115-79-51-43-35-27-19-11-3)63-58-64-96(106)116-80-52-44-36-28-20-12-4)89-73-75-91(111-89)104(108-99(119-83-55-47-39-31-23-15-7)67-60-68-100(108)120-84-56-48-40-32-24-16-8)92-76-74-90(112-92)103(88-72-70-86(101)110-88)107-97(117-81-53-45-37-29-21-13-5)65-59-66-98(107)118-82-54-46-38-30-22-14-6/h57-76,109,112H,9-56,77-84H2,1-8H3. The van der Waals surface area contributed by atoms with E-state index in [2.05, 4.69) is 187 Å². The molecular formula is C108H158N4O8. The summed E-state index contributed by atoms with van der Waals surface area (Å²) in [5.41, 5.74) is 13.3. The van der Waals surface area contributed by atoms with Crippen LogP contribution in [-0.4, -0.2) is 72.8 Å². The Hall–Kier alpha value is -8.12. The highest BCUT2D eigenvalue weighted by Crippen LogP contribution is 2.51. The van der Waals surface area contributed by atoms with Gasteiger partial charge in [0.2, 0.25) is 0 Å². The summed E-state index contributed by atoms with van der Waals surface area (Å²) in [4.78, 5) is 20.6. The van der Waals surface area contributed by atoms with Crippen molar-refractivity contribution in [3.63, 3.8) is 0 Å². The lowest BCUT2D eigenvalue weighted by Crippen LogP contribution is -2.04. The molecule has 0 radical (unpaired) electrons. The van der Waals surface area contributed by atoms with E-state index in [0.717, 1.165) is 238 Å². The normalized spacial score (nSPS) is 11.8. The summed E-state index contributed by atoms with van der Waals surface area (Å²) in [6, 6.07) is 34.5. The minimum atomic E-state index is 0.564. The van der Waals surface area contributed by atoms with Crippen molar-refractivity contribution in [1.29, 1.82) is 0 Å². The Bertz CT molecular complexity index is 3570. The zero-order valence-electron chi connectivity index (χ0n) is 76.3. The van der Waals surface area contributed by atoms with Gasteiger partial charge in [-0.2, -0.15) is 0 Å². The fourth-order valence-corrected chi connectivity index (χ4v) is 16.8. The number of nitrogens with one attached hydrogen (secondary N) is 2. The van der Waals surface area contributed by atoms with Gasteiger partial charge in [0.25, 0.3) is 0 Å². The second-order valence-electron chi connectivity index (χ2n) is 33.9. The lowest BCUT2D eigenvalue weighted by molar-refractivity contribution is 0.291. The number of aromatic nitrogens is 4. The Balaban J connectivity index is 1.42. The molecule has 7 aromatic rings. The first-order chi connectivity index (χ1) is 59.4. The molecule has 2 aliphatic rings. The molecule has 0 spiro atoms. The Kier molecular flexibility index (Phi) is 46.3. The van der Waals surface area contributed by atoms with Crippen molar-refractivity contribution in [3.05, 3.63) is 120 Å². The van der Waals surface area contributed by atoms with Gasteiger partial charge in [0.1, 0.15) is 46.0 Å². The van der Waals surface area contributed by atoms with Crippen LogP contribution in [0.25, 0.3) is 90.9 Å². The van der Waals surface area contributed by atoms with Gasteiger partial charge in [0.15, 0.2) is 0 Å². The molecule has 2 aliphatic heterocycles. The Morgan fingerprint density at radius 3 is 0.467 bits per heavy atom. The van der Waals surface area contributed by atoms with Crippen molar-refractivity contribution in [2.45, 2.75) is 364 Å². The van der Waals surface area contributed by atoms with Crippen LogP contribution in [0.1, 0.15) is 386 Å². The van der Waals surface area contributed by atoms with E-state index in [1.54, 1.807) is 0 Å². The van der Waals surface area contributed by atoms with Crippen molar-refractivity contribution < 1.29 is 37.9 Å². The number of benzene rings is 4. The Morgan fingerprint density at radius 1 is 0.175 bits per heavy atom. The number of H-pyrrole nitrogens is 2. The molecule has 8 bridgehead atoms. The van der Waals surface area contributed by atoms with Crippen LogP contribution < -0.4 is 37.9 Å². The van der Waals surface area contributed by atoms with E-state index in [1.165, 1.54) is 205 Å². The number of ether oxygens (including phenoxy) is 8. The van der Waals surface area contributed by atoms with E-state index in [4.69, 9.17) is 47.9 Å². The molecule has 120 heavy (non-hydrogen) atoms. The first kappa shape index (κ1) is 95.7. The second kappa shape index (κ2) is 58.0. The van der Waals surface area contributed by atoms with E-state index < -0.39 is 0 Å². The van der Waals surface area contributed by atoms with Gasteiger partial charge < -0.3 is 47.9 Å². The molecule has 0 aliphatic carbocycles. The number of hydrogen-bond acceptors (Lipinski definition) is 10. The molecule has 4 aromatic carbocycles. The van der Waals surface area contributed by atoms with Crippen LogP contribution in [0.3, 0.4) is 0 Å². The summed E-state index contributed by atoms with van der Waals surface area (Å²) < 4.78 is 57.8. The van der Waals surface area contributed by atoms with E-state index in [-0.39, 0.29) is 0 Å². The molecule has 0 unspecified atom stereocenters. The lowest BCUT2D eigenvalue weighted by atomic mass is 10.0. The van der Waals surface area contributed by atoms with Crippen molar-refractivity contribution >= 4 is 46.4 Å². The SMILES string of the molecule is CCCCCCCCOc1cccc(OCCCCCCCC)c1-c1c2nc(c(-c3c(OCCCCCCCC)cccc3OCCCCCCCC)c3ccc([nH]3)c(-c3c(OCCCCCCCC)cccc3OCCCCCCCC)c3nc(c(-c4c(OCCCCCCCC)cccc4OCCCCCCCC)c4ccc1[nH]4)C=C3)C=C2. The summed E-state index contributed by atoms with van der Waals surface area (Å²) in [7, 11) is 0. The van der Waals surface area contributed by atoms with Crippen LogP contribution in [0.2, 0.25) is 0 Å². The summed E-state index contributed by atoms with van der Waals surface area (Å²) in [5, 5.41) is 0. The van der Waals surface area contributed by atoms with Crippen LogP contribution in [0, 0.1) is 0 Å². The maximum absolute atomic E-state index is 7.22. The van der Waals surface area contributed by atoms with Crippen LogP contribution >= 0.6 is 0 Å². The van der Waals surface area contributed by atoms with Crippen LogP contribution in [-0.2, 0) is 0 Å². The zero-order valence-corrected chi connectivity index (χ0v) is 76.3. The van der Waals surface area contributed by atoms with Crippen molar-refractivity contribution in [2.24, 2.45) is 0 Å². The quantitative estimate of drug-likeness (QED) is 0.0355. The highest BCUT2D eigenvalue weighted by Gasteiger charge is 2.29. The molecule has 12 nitrogen and oxygen atoms in total. The molecule has 0 amide bonds. The monoisotopic (exact) mass is 1640 g/mol. The van der Waals surface area contributed by atoms with Gasteiger partial charge in [0.05, 0.1) is 97.9 Å². The van der Waals surface area contributed by atoms with E-state index in [0.29, 0.717) is 52.9 Å². The van der Waals surface area contributed by atoms with Crippen LogP contribution in [0.15, 0.2) is 97.1 Å². The average Bonchev–Trinajstić information content (AvgIpc) is 1.59. The second-order valence-corrected chi connectivity index (χ2v) is 33.9. The predicted molar refractivity (Wildman–Crippen MR) is 512 cm³/mol. The minimum Gasteiger partial charge on any atom is -0.493 e. The average molecular weight is 1640 g/mol. The van der Waals surface area contributed by atoms with Gasteiger partial charge in [-0.05, 0) is 148 Å². The maximum atomic E-state index is 7.22. The Labute approximate surface area is 726 Å². The molecular weight excluding hydrogens is 1480 g/mol. The molecule has 2 N–H and O–H groups in total. The third-order valence-corrected chi connectivity index (χ3v) is 23.7. The summed E-state index contributed by atoms with van der Waals surface area (Å²) in [5.74, 6) is 6.05. The topological polar surface area (TPSA) is 131 Å².